The molecule has 0 spiro atoms. The van der Waals surface area contributed by atoms with Gasteiger partial charge in [-0.3, -0.25) is 4.79 Å². The lowest BCUT2D eigenvalue weighted by molar-refractivity contribution is 0.0846. The van der Waals surface area contributed by atoms with E-state index in [9.17, 15) is 14.3 Å². The van der Waals surface area contributed by atoms with Crippen molar-refractivity contribution >= 4 is 17.2 Å². The van der Waals surface area contributed by atoms with E-state index in [0.717, 1.165) is 5.56 Å². The Morgan fingerprint density at radius 2 is 2.10 bits per heavy atom. The third-order valence-electron chi connectivity index (χ3n) is 2.82. The highest BCUT2D eigenvalue weighted by Gasteiger charge is 2.12. The first-order chi connectivity index (χ1) is 10.1. The number of benzene rings is 1. The number of carbonyl (C=O) groups excluding carboxylic acids is 1. The fourth-order valence-corrected chi connectivity index (χ4v) is 2.52. The van der Waals surface area contributed by atoms with Gasteiger partial charge in [0, 0.05) is 6.54 Å². The second kappa shape index (κ2) is 7.19. The van der Waals surface area contributed by atoms with Gasteiger partial charge in [-0.25, -0.2) is 4.39 Å². The summed E-state index contributed by atoms with van der Waals surface area (Å²) in [6, 6.07) is 7.39. The van der Waals surface area contributed by atoms with Crippen LogP contribution in [0.25, 0.3) is 0 Å². The summed E-state index contributed by atoms with van der Waals surface area (Å²) in [5.41, 5.74) is 0.912. The molecule has 112 valence electrons. The first-order valence-corrected chi connectivity index (χ1v) is 7.33. The molecule has 1 amide bonds. The van der Waals surface area contributed by atoms with Crippen molar-refractivity contribution in [1.29, 1.82) is 0 Å². The number of aryl methyl sites for hydroxylation is 1. The smallest absolute Gasteiger partial charge is 0.261 e. The van der Waals surface area contributed by atoms with Gasteiger partial charge in [0.05, 0.1) is 4.88 Å². The largest absolute Gasteiger partial charge is 0.491 e. The second-order valence-electron chi connectivity index (χ2n) is 4.56. The van der Waals surface area contributed by atoms with E-state index in [2.05, 4.69) is 5.32 Å². The number of nitrogens with one attached hydrogen (secondary N) is 1. The lowest BCUT2D eigenvalue weighted by Crippen LogP contribution is -2.35. The van der Waals surface area contributed by atoms with Gasteiger partial charge in [-0.15, -0.1) is 11.3 Å². The number of halogens is 1. The highest BCUT2D eigenvalue weighted by atomic mass is 32.1. The predicted octanol–water partition coefficient (Wildman–Crippen LogP) is 2.37. The van der Waals surface area contributed by atoms with Crippen molar-refractivity contribution in [3.05, 3.63) is 52.0 Å². The SMILES string of the molecule is Cc1ccsc1C(=O)NCC(O)COc1ccc(F)cc1. The molecule has 2 rings (SSSR count). The van der Waals surface area contributed by atoms with Crippen LogP contribution in [0.2, 0.25) is 0 Å². The van der Waals surface area contributed by atoms with Crippen LogP contribution in [0.1, 0.15) is 15.2 Å². The summed E-state index contributed by atoms with van der Waals surface area (Å²) in [6.07, 6.45) is -0.834. The van der Waals surface area contributed by atoms with Crippen molar-refractivity contribution in [3.63, 3.8) is 0 Å². The van der Waals surface area contributed by atoms with Gasteiger partial charge in [0.2, 0.25) is 0 Å². The number of hydrogen-bond donors (Lipinski definition) is 2. The maximum atomic E-state index is 12.7. The Labute approximate surface area is 126 Å². The summed E-state index contributed by atoms with van der Waals surface area (Å²) < 4.78 is 18.0. The highest BCUT2D eigenvalue weighted by Crippen LogP contribution is 2.15. The van der Waals surface area contributed by atoms with Gasteiger partial charge in [0.15, 0.2) is 0 Å². The van der Waals surface area contributed by atoms with E-state index in [4.69, 9.17) is 4.74 Å². The van der Waals surface area contributed by atoms with E-state index < -0.39 is 6.10 Å². The quantitative estimate of drug-likeness (QED) is 0.861. The number of amides is 1. The number of ether oxygens (including phenoxy) is 1. The van der Waals surface area contributed by atoms with E-state index in [1.807, 2.05) is 18.4 Å². The van der Waals surface area contributed by atoms with Crippen LogP contribution in [0.5, 0.6) is 5.75 Å². The second-order valence-corrected chi connectivity index (χ2v) is 5.48. The summed E-state index contributed by atoms with van der Waals surface area (Å²) in [7, 11) is 0. The predicted molar refractivity (Wildman–Crippen MR) is 79.3 cm³/mol. The molecule has 0 aliphatic rings. The lowest BCUT2D eigenvalue weighted by atomic mass is 10.3. The molecule has 1 atom stereocenters. The fourth-order valence-electron chi connectivity index (χ4n) is 1.68. The molecular formula is C15H16FNO3S. The van der Waals surface area contributed by atoms with E-state index >= 15 is 0 Å². The Bertz CT molecular complexity index is 597. The van der Waals surface area contributed by atoms with Crippen LogP contribution in [0.3, 0.4) is 0 Å². The highest BCUT2D eigenvalue weighted by molar-refractivity contribution is 7.12. The van der Waals surface area contributed by atoms with Crippen molar-refractivity contribution in [2.45, 2.75) is 13.0 Å². The van der Waals surface area contributed by atoms with Crippen molar-refractivity contribution in [2.75, 3.05) is 13.2 Å². The molecule has 1 aromatic heterocycles. The summed E-state index contributed by atoms with van der Waals surface area (Å²) in [4.78, 5) is 12.5. The molecule has 1 unspecified atom stereocenters. The van der Waals surface area contributed by atoms with Crippen molar-refractivity contribution in [2.24, 2.45) is 0 Å². The molecule has 1 heterocycles. The Morgan fingerprint density at radius 1 is 1.38 bits per heavy atom. The van der Waals surface area contributed by atoms with Gasteiger partial charge < -0.3 is 15.2 Å². The molecular weight excluding hydrogens is 293 g/mol. The van der Waals surface area contributed by atoms with Crippen LogP contribution in [-0.4, -0.2) is 30.3 Å². The Kier molecular flexibility index (Phi) is 5.30. The number of thiophene rings is 1. The summed E-state index contributed by atoms with van der Waals surface area (Å²) >= 11 is 1.36. The molecule has 21 heavy (non-hydrogen) atoms. The normalized spacial score (nSPS) is 12.0. The molecule has 0 radical (unpaired) electrons. The molecule has 2 aromatic rings. The van der Waals surface area contributed by atoms with Gasteiger partial charge in [0.25, 0.3) is 5.91 Å². The molecule has 4 nitrogen and oxygen atoms in total. The van der Waals surface area contributed by atoms with E-state index in [1.165, 1.54) is 35.6 Å². The zero-order valence-corrected chi connectivity index (χ0v) is 12.3. The number of aliphatic hydroxyl groups is 1. The lowest BCUT2D eigenvalue weighted by Gasteiger charge is -2.13. The minimum absolute atomic E-state index is 0.0231. The minimum Gasteiger partial charge on any atom is -0.491 e. The topological polar surface area (TPSA) is 58.6 Å². The van der Waals surface area contributed by atoms with Crippen molar-refractivity contribution < 1.29 is 19.0 Å². The molecule has 1 aromatic carbocycles. The third-order valence-corrected chi connectivity index (χ3v) is 3.84. The van der Waals surface area contributed by atoms with Gasteiger partial charge in [-0.2, -0.15) is 0 Å². The summed E-state index contributed by atoms with van der Waals surface area (Å²) in [5.74, 6) is -0.0827. The van der Waals surface area contributed by atoms with E-state index in [0.29, 0.717) is 10.6 Å². The number of hydrogen-bond acceptors (Lipinski definition) is 4. The number of aliphatic hydroxyl groups excluding tert-OH is 1. The maximum Gasteiger partial charge on any atom is 0.261 e. The Balaban J connectivity index is 1.75. The zero-order chi connectivity index (χ0) is 15.2. The number of carbonyl (C=O) groups is 1. The molecule has 2 N–H and O–H groups in total. The Morgan fingerprint density at radius 3 is 2.71 bits per heavy atom. The van der Waals surface area contributed by atoms with Crippen LogP contribution in [0.15, 0.2) is 35.7 Å². The average molecular weight is 309 g/mol. The first kappa shape index (κ1) is 15.5. The molecule has 0 aliphatic heterocycles. The summed E-state index contributed by atoms with van der Waals surface area (Å²) in [6.45, 7) is 1.98. The van der Waals surface area contributed by atoms with Gasteiger partial charge in [-0.05, 0) is 48.2 Å². The molecule has 0 saturated heterocycles. The molecule has 0 saturated carbocycles. The van der Waals surface area contributed by atoms with Crippen molar-refractivity contribution in [3.8, 4) is 5.75 Å². The van der Waals surface area contributed by atoms with Gasteiger partial charge in [-0.1, -0.05) is 0 Å². The Hall–Kier alpha value is -1.92. The van der Waals surface area contributed by atoms with Gasteiger partial charge >= 0.3 is 0 Å². The molecule has 6 heteroatoms. The molecule has 0 aliphatic carbocycles. The van der Waals surface area contributed by atoms with Crippen LogP contribution in [0, 0.1) is 12.7 Å². The van der Waals surface area contributed by atoms with Crippen LogP contribution in [0.4, 0.5) is 4.39 Å². The van der Waals surface area contributed by atoms with Crippen LogP contribution >= 0.6 is 11.3 Å². The molecule has 0 bridgehead atoms. The average Bonchev–Trinajstić information content (AvgIpc) is 2.90. The minimum atomic E-state index is -0.834. The first-order valence-electron chi connectivity index (χ1n) is 6.45. The maximum absolute atomic E-state index is 12.7. The standard InChI is InChI=1S/C15H16FNO3S/c1-10-6-7-21-14(10)15(19)17-8-12(18)9-20-13-4-2-11(16)3-5-13/h2-7,12,18H,8-9H2,1H3,(H,17,19). The van der Waals surface area contributed by atoms with Crippen LogP contribution < -0.4 is 10.1 Å². The van der Waals surface area contributed by atoms with E-state index in [1.54, 1.807) is 0 Å². The van der Waals surface area contributed by atoms with Crippen LogP contribution in [-0.2, 0) is 0 Å². The van der Waals surface area contributed by atoms with Crippen molar-refractivity contribution in [1.82, 2.24) is 5.32 Å². The number of rotatable bonds is 6. The van der Waals surface area contributed by atoms with Gasteiger partial charge in [0.1, 0.15) is 24.3 Å². The summed E-state index contributed by atoms with van der Waals surface area (Å²) in [5, 5.41) is 14.3. The zero-order valence-electron chi connectivity index (χ0n) is 11.5. The van der Waals surface area contributed by atoms with E-state index in [-0.39, 0.29) is 24.9 Å². The third kappa shape index (κ3) is 4.54. The monoisotopic (exact) mass is 309 g/mol. The molecule has 0 fully saturated rings. The fraction of sp³-hybridized carbons (Fsp3) is 0.267.